The minimum Gasteiger partial charge on any atom is -0.393 e. The van der Waals surface area contributed by atoms with Crippen molar-refractivity contribution < 1.29 is 9.90 Å². The Balaban J connectivity index is 2.21. The summed E-state index contributed by atoms with van der Waals surface area (Å²) in [6.45, 7) is 1.80. The van der Waals surface area contributed by atoms with Gasteiger partial charge in [0.05, 0.1) is 12.1 Å². The highest BCUT2D eigenvalue weighted by atomic mass is 16.3. The molecule has 0 aromatic heterocycles. The van der Waals surface area contributed by atoms with E-state index in [4.69, 9.17) is 0 Å². The van der Waals surface area contributed by atoms with E-state index in [9.17, 15) is 9.90 Å². The molecule has 0 saturated heterocycles. The fourth-order valence-electron chi connectivity index (χ4n) is 1.63. The lowest BCUT2D eigenvalue weighted by atomic mass is 9.93. The summed E-state index contributed by atoms with van der Waals surface area (Å²) in [4.78, 5) is 10.2. The van der Waals surface area contributed by atoms with Crippen LogP contribution in [0.25, 0.3) is 0 Å². The van der Waals surface area contributed by atoms with Crippen molar-refractivity contribution in [3.63, 3.8) is 0 Å². The summed E-state index contributed by atoms with van der Waals surface area (Å²) in [5, 5.41) is 12.4. The lowest BCUT2D eigenvalue weighted by Crippen LogP contribution is -2.40. The molecule has 0 bridgehead atoms. The molecule has 1 rings (SSSR count). The standard InChI is InChI=1S/C9H16NO2/c1-7(6-11)10-8-2-4-9(12)5-3-8/h7-10,12H,2-5H2,1H3. The molecule has 0 spiro atoms. The van der Waals surface area contributed by atoms with Gasteiger partial charge in [0.15, 0.2) is 0 Å². The maximum absolute atomic E-state index is 10.2. The van der Waals surface area contributed by atoms with Crippen LogP contribution in [0.1, 0.15) is 32.6 Å². The van der Waals surface area contributed by atoms with Gasteiger partial charge < -0.3 is 10.4 Å². The molecular weight excluding hydrogens is 154 g/mol. The molecule has 69 valence electrons. The van der Waals surface area contributed by atoms with Gasteiger partial charge in [0.2, 0.25) is 6.29 Å². The Bertz CT molecular complexity index is 141. The second-order valence-corrected chi connectivity index (χ2v) is 3.51. The number of nitrogens with one attached hydrogen (secondary N) is 1. The molecule has 12 heavy (non-hydrogen) atoms. The van der Waals surface area contributed by atoms with Gasteiger partial charge in [-0.3, -0.25) is 4.79 Å². The van der Waals surface area contributed by atoms with Crippen molar-refractivity contribution in [3.05, 3.63) is 0 Å². The second-order valence-electron chi connectivity index (χ2n) is 3.51. The van der Waals surface area contributed by atoms with Crippen molar-refractivity contribution in [1.82, 2.24) is 5.32 Å². The van der Waals surface area contributed by atoms with Gasteiger partial charge >= 0.3 is 0 Å². The molecule has 1 fully saturated rings. The fraction of sp³-hybridized carbons (Fsp3) is 0.889. The average Bonchev–Trinajstić information content (AvgIpc) is 2.09. The van der Waals surface area contributed by atoms with Gasteiger partial charge in [0.25, 0.3) is 0 Å². The molecule has 3 heteroatoms. The SMILES string of the molecule is CC([C]=O)NC1CCC(O)CC1. The highest BCUT2D eigenvalue weighted by Crippen LogP contribution is 2.18. The van der Waals surface area contributed by atoms with Crippen LogP contribution >= 0.6 is 0 Å². The van der Waals surface area contributed by atoms with Crippen LogP contribution in [0.2, 0.25) is 0 Å². The monoisotopic (exact) mass is 170 g/mol. The minimum atomic E-state index is -0.176. The maximum atomic E-state index is 10.2. The van der Waals surface area contributed by atoms with Crippen molar-refractivity contribution in [2.45, 2.75) is 50.8 Å². The maximum Gasteiger partial charge on any atom is 0.216 e. The molecule has 1 unspecified atom stereocenters. The van der Waals surface area contributed by atoms with E-state index in [1.165, 1.54) is 0 Å². The van der Waals surface area contributed by atoms with E-state index < -0.39 is 0 Å². The normalized spacial score (nSPS) is 32.8. The van der Waals surface area contributed by atoms with Crippen LogP contribution in [0.4, 0.5) is 0 Å². The number of carbonyl (C=O) groups excluding carboxylic acids is 1. The largest absolute Gasteiger partial charge is 0.393 e. The van der Waals surface area contributed by atoms with Crippen LogP contribution < -0.4 is 5.32 Å². The first-order valence-electron chi connectivity index (χ1n) is 4.54. The lowest BCUT2D eigenvalue weighted by molar-refractivity contribution is 0.116. The molecule has 0 aromatic carbocycles. The van der Waals surface area contributed by atoms with Gasteiger partial charge in [-0.15, -0.1) is 0 Å². The Morgan fingerprint density at radius 2 is 2.00 bits per heavy atom. The van der Waals surface area contributed by atoms with E-state index in [2.05, 4.69) is 5.32 Å². The Labute approximate surface area is 73.2 Å². The van der Waals surface area contributed by atoms with Gasteiger partial charge in [-0.1, -0.05) is 0 Å². The molecule has 3 nitrogen and oxygen atoms in total. The van der Waals surface area contributed by atoms with E-state index in [0.29, 0.717) is 6.04 Å². The Kier molecular flexibility index (Phi) is 3.69. The zero-order valence-electron chi connectivity index (χ0n) is 7.42. The van der Waals surface area contributed by atoms with Crippen LogP contribution in [0.3, 0.4) is 0 Å². The van der Waals surface area contributed by atoms with E-state index in [1.54, 1.807) is 6.92 Å². The molecule has 1 aliphatic rings. The molecule has 0 aliphatic heterocycles. The van der Waals surface area contributed by atoms with Crippen LogP contribution in [-0.4, -0.2) is 29.6 Å². The van der Waals surface area contributed by atoms with Crippen LogP contribution in [0.5, 0.6) is 0 Å². The number of rotatable bonds is 3. The van der Waals surface area contributed by atoms with Crippen molar-refractivity contribution in [2.75, 3.05) is 0 Å². The van der Waals surface area contributed by atoms with E-state index in [1.807, 2.05) is 6.29 Å². The molecule has 1 aliphatic carbocycles. The Hall–Kier alpha value is -0.410. The molecule has 1 radical (unpaired) electrons. The van der Waals surface area contributed by atoms with Crippen LogP contribution in [-0.2, 0) is 4.79 Å². The third kappa shape index (κ3) is 2.91. The van der Waals surface area contributed by atoms with Crippen molar-refractivity contribution in [3.8, 4) is 0 Å². The zero-order valence-corrected chi connectivity index (χ0v) is 7.42. The highest BCUT2D eigenvalue weighted by molar-refractivity contribution is 5.57. The predicted molar refractivity (Wildman–Crippen MR) is 46.6 cm³/mol. The van der Waals surface area contributed by atoms with E-state index in [-0.39, 0.29) is 12.1 Å². The summed E-state index contributed by atoms with van der Waals surface area (Å²) in [5.74, 6) is 0. The quantitative estimate of drug-likeness (QED) is 0.643. The summed E-state index contributed by atoms with van der Waals surface area (Å²) in [7, 11) is 0. The molecule has 2 N–H and O–H groups in total. The van der Waals surface area contributed by atoms with Crippen molar-refractivity contribution in [1.29, 1.82) is 0 Å². The third-order valence-electron chi connectivity index (χ3n) is 2.36. The van der Waals surface area contributed by atoms with E-state index >= 15 is 0 Å². The predicted octanol–water partition coefficient (Wildman–Crippen LogP) is 0.378. The van der Waals surface area contributed by atoms with Crippen molar-refractivity contribution in [2.24, 2.45) is 0 Å². The second kappa shape index (κ2) is 4.58. The molecule has 0 aromatic rings. The zero-order chi connectivity index (χ0) is 8.97. The van der Waals surface area contributed by atoms with Gasteiger partial charge in [-0.05, 0) is 32.6 Å². The van der Waals surface area contributed by atoms with Crippen molar-refractivity contribution >= 4 is 6.29 Å². The molecule has 1 atom stereocenters. The number of hydrogen-bond donors (Lipinski definition) is 2. The summed E-state index contributed by atoms with van der Waals surface area (Å²) in [5.41, 5.74) is 0. The summed E-state index contributed by atoms with van der Waals surface area (Å²) >= 11 is 0. The molecule has 0 amide bonds. The third-order valence-corrected chi connectivity index (χ3v) is 2.36. The lowest BCUT2D eigenvalue weighted by Gasteiger charge is -2.27. The smallest absolute Gasteiger partial charge is 0.216 e. The molecule has 0 heterocycles. The van der Waals surface area contributed by atoms with Gasteiger partial charge in [0.1, 0.15) is 0 Å². The topological polar surface area (TPSA) is 49.3 Å². The first-order valence-corrected chi connectivity index (χ1v) is 4.54. The summed E-state index contributed by atoms with van der Waals surface area (Å²) < 4.78 is 0. The van der Waals surface area contributed by atoms with Gasteiger partial charge in [0, 0.05) is 6.04 Å². The average molecular weight is 170 g/mol. The van der Waals surface area contributed by atoms with Gasteiger partial charge in [-0.2, -0.15) is 0 Å². The first-order chi connectivity index (χ1) is 5.72. The van der Waals surface area contributed by atoms with Crippen LogP contribution in [0, 0.1) is 0 Å². The number of hydrogen-bond acceptors (Lipinski definition) is 3. The summed E-state index contributed by atoms with van der Waals surface area (Å²) in [6, 6.07) is 0.218. The minimum absolute atomic E-state index is 0.126. The molecule has 1 saturated carbocycles. The Morgan fingerprint density at radius 3 is 2.50 bits per heavy atom. The fourth-order valence-corrected chi connectivity index (χ4v) is 1.63. The summed E-state index contributed by atoms with van der Waals surface area (Å²) in [6.07, 6.45) is 5.41. The molecular formula is C9H16NO2. The Morgan fingerprint density at radius 1 is 1.42 bits per heavy atom. The van der Waals surface area contributed by atoms with E-state index in [0.717, 1.165) is 25.7 Å². The van der Waals surface area contributed by atoms with Gasteiger partial charge in [-0.25, -0.2) is 0 Å². The van der Waals surface area contributed by atoms with Crippen LogP contribution in [0.15, 0.2) is 0 Å². The first kappa shape index (κ1) is 9.68. The highest BCUT2D eigenvalue weighted by Gasteiger charge is 2.20. The number of aliphatic hydroxyl groups is 1. The number of aliphatic hydroxyl groups excluding tert-OH is 1.